The standard InChI is InChI=1S/C27H31N3O3/c1-5-29-17-21(22-13-9-10-14-24(22)29)16-23-27(32-4)30(31)25(15-19(2)3)26(28-23)33-18-20-11-7-6-8-12-20/h6-14,17,19H,5,15-16,18H2,1-4H3. The number of hydrogen-bond donors (Lipinski definition) is 0. The monoisotopic (exact) mass is 445 g/mol. The quantitative estimate of drug-likeness (QED) is 0.267. The summed E-state index contributed by atoms with van der Waals surface area (Å²) in [7, 11) is 1.52. The van der Waals surface area contributed by atoms with Gasteiger partial charge in [0, 0.05) is 36.5 Å². The Bertz CT molecular complexity index is 1230. The van der Waals surface area contributed by atoms with Crippen molar-refractivity contribution >= 4 is 10.9 Å². The molecule has 172 valence electrons. The van der Waals surface area contributed by atoms with Crippen LogP contribution in [-0.2, 0) is 26.0 Å². The second-order valence-corrected chi connectivity index (χ2v) is 8.62. The van der Waals surface area contributed by atoms with Crippen molar-refractivity contribution in [1.29, 1.82) is 0 Å². The zero-order valence-electron chi connectivity index (χ0n) is 19.7. The van der Waals surface area contributed by atoms with Gasteiger partial charge in [-0.2, -0.15) is 0 Å². The van der Waals surface area contributed by atoms with Gasteiger partial charge in [-0.15, -0.1) is 4.73 Å². The number of rotatable bonds is 9. The fraction of sp³-hybridized carbons (Fsp3) is 0.333. The normalized spacial score (nSPS) is 11.3. The average molecular weight is 446 g/mol. The fourth-order valence-electron chi connectivity index (χ4n) is 4.18. The van der Waals surface area contributed by atoms with Gasteiger partial charge in [0.05, 0.1) is 7.11 Å². The Morgan fingerprint density at radius 3 is 2.48 bits per heavy atom. The van der Waals surface area contributed by atoms with Gasteiger partial charge < -0.3 is 19.2 Å². The van der Waals surface area contributed by atoms with Crippen LogP contribution in [0.4, 0.5) is 0 Å². The van der Waals surface area contributed by atoms with Gasteiger partial charge in [-0.25, -0.2) is 4.98 Å². The van der Waals surface area contributed by atoms with Crippen molar-refractivity contribution in [3.63, 3.8) is 0 Å². The van der Waals surface area contributed by atoms with Crippen LogP contribution in [0.5, 0.6) is 11.8 Å². The van der Waals surface area contributed by atoms with Gasteiger partial charge in [0.15, 0.2) is 5.69 Å². The molecule has 0 amide bonds. The Kier molecular flexibility index (Phi) is 6.82. The van der Waals surface area contributed by atoms with E-state index in [1.54, 1.807) is 0 Å². The summed E-state index contributed by atoms with van der Waals surface area (Å²) in [5.74, 6) is 0.868. The first-order valence-corrected chi connectivity index (χ1v) is 11.4. The molecule has 2 aromatic heterocycles. The molecule has 0 unspecified atom stereocenters. The van der Waals surface area contributed by atoms with Gasteiger partial charge in [0.1, 0.15) is 6.61 Å². The minimum absolute atomic E-state index is 0.228. The lowest BCUT2D eigenvalue weighted by Crippen LogP contribution is -2.37. The lowest BCUT2D eigenvalue weighted by atomic mass is 10.1. The first kappa shape index (κ1) is 22.6. The topological polar surface area (TPSA) is 63.2 Å². The molecule has 0 aliphatic carbocycles. The second-order valence-electron chi connectivity index (χ2n) is 8.62. The van der Waals surface area contributed by atoms with E-state index in [9.17, 15) is 5.21 Å². The van der Waals surface area contributed by atoms with E-state index in [0.29, 0.717) is 36.7 Å². The van der Waals surface area contributed by atoms with Crippen molar-refractivity contribution in [2.45, 2.75) is 46.8 Å². The van der Waals surface area contributed by atoms with E-state index in [2.05, 4.69) is 43.7 Å². The summed E-state index contributed by atoms with van der Waals surface area (Å²) in [5, 5.41) is 14.5. The largest absolute Gasteiger partial charge is 0.616 e. The minimum atomic E-state index is 0.228. The summed E-state index contributed by atoms with van der Waals surface area (Å²) < 4.78 is 14.7. The molecule has 4 aromatic rings. The predicted octanol–water partition coefficient (Wildman–Crippen LogP) is 5.07. The van der Waals surface area contributed by atoms with Gasteiger partial charge in [0.25, 0.3) is 11.6 Å². The van der Waals surface area contributed by atoms with Crippen LogP contribution < -0.4 is 14.2 Å². The van der Waals surface area contributed by atoms with Crippen molar-refractivity contribution in [1.82, 2.24) is 9.55 Å². The summed E-state index contributed by atoms with van der Waals surface area (Å²) in [4.78, 5) is 4.83. The number of benzene rings is 2. The van der Waals surface area contributed by atoms with Gasteiger partial charge in [0.2, 0.25) is 0 Å². The first-order valence-electron chi connectivity index (χ1n) is 11.4. The van der Waals surface area contributed by atoms with Gasteiger partial charge in [-0.1, -0.05) is 62.4 Å². The Morgan fingerprint density at radius 2 is 1.79 bits per heavy atom. The van der Waals surface area contributed by atoms with Crippen LogP contribution in [0, 0.1) is 11.1 Å². The lowest BCUT2D eigenvalue weighted by Gasteiger charge is -2.16. The van der Waals surface area contributed by atoms with E-state index in [4.69, 9.17) is 14.5 Å². The molecular weight excluding hydrogens is 414 g/mol. The molecule has 0 saturated heterocycles. The molecule has 0 spiro atoms. The smallest absolute Gasteiger partial charge is 0.402 e. The molecule has 0 atom stereocenters. The summed E-state index contributed by atoms with van der Waals surface area (Å²) in [6.07, 6.45) is 3.16. The van der Waals surface area contributed by atoms with Crippen molar-refractivity contribution in [3.8, 4) is 11.8 Å². The summed E-state index contributed by atoms with van der Waals surface area (Å²) in [5.41, 5.74) is 4.36. The van der Waals surface area contributed by atoms with Crippen LogP contribution in [0.25, 0.3) is 10.9 Å². The molecule has 0 bridgehead atoms. The third kappa shape index (κ3) is 4.80. The van der Waals surface area contributed by atoms with Crippen LogP contribution in [-0.4, -0.2) is 16.7 Å². The number of hydrogen-bond acceptors (Lipinski definition) is 4. The molecular formula is C27H31N3O3. The fourth-order valence-corrected chi connectivity index (χ4v) is 4.18. The van der Waals surface area contributed by atoms with Crippen LogP contribution >= 0.6 is 0 Å². The zero-order chi connectivity index (χ0) is 23.4. The minimum Gasteiger partial charge on any atom is -0.616 e. The highest BCUT2D eigenvalue weighted by Crippen LogP contribution is 2.28. The lowest BCUT2D eigenvalue weighted by molar-refractivity contribution is -0.622. The molecule has 0 aliphatic heterocycles. The maximum Gasteiger partial charge on any atom is 0.402 e. The molecule has 0 fully saturated rings. The molecule has 2 aromatic carbocycles. The second kappa shape index (κ2) is 9.94. The van der Waals surface area contributed by atoms with Crippen molar-refractivity contribution in [2.24, 2.45) is 5.92 Å². The molecule has 6 heteroatoms. The predicted molar refractivity (Wildman–Crippen MR) is 129 cm³/mol. The highest BCUT2D eigenvalue weighted by atomic mass is 16.5. The van der Waals surface area contributed by atoms with E-state index >= 15 is 0 Å². The molecule has 2 heterocycles. The zero-order valence-corrected chi connectivity index (χ0v) is 19.7. The molecule has 0 aliphatic rings. The molecule has 0 radical (unpaired) electrons. The highest BCUT2D eigenvalue weighted by Gasteiger charge is 2.28. The molecule has 0 saturated carbocycles. The van der Waals surface area contributed by atoms with E-state index in [-0.39, 0.29) is 11.8 Å². The van der Waals surface area contributed by atoms with E-state index in [1.165, 1.54) is 12.6 Å². The number of methoxy groups -OCH3 is 1. The first-order chi connectivity index (χ1) is 16.0. The van der Waals surface area contributed by atoms with E-state index in [1.807, 2.05) is 42.5 Å². The van der Waals surface area contributed by atoms with E-state index in [0.717, 1.165) is 27.8 Å². The highest BCUT2D eigenvalue weighted by molar-refractivity contribution is 5.84. The number of aryl methyl sites for hydroxylation is 1. The maximum atomic E-state index is 13.4. The number of nitrogens with zero attached hydrogens (tertiary/aromatic N) is 3. The number of aromatic nitrogens is 3. The summed E-state index contributed by atoms with van der Waals surface area (Å²) in [6, 6.07) is 18.2. The third-order valence-electron chi connectivity index (χ3n) is 5.74. The van der Waals surface area contributed by atoms with Crippen LogP contribution in [0.3, 0.4) is 0 Å². The molecule has 0 N–H and O–H groups in total. The van der Waals surface area contributed by atoms with Crippen LogP contribution in [0.1, 0.15) is 43.3 Å². The van der Waals surface area contributed by atoms with Crippen LogP contribution in [0.2, 0.25) is 0 Å². The maximum absolute atomic E-state index is 13.4. The number of fused-ring (bicyclic) bond motifs is 1. The van der Waals surface area contributed by atoms with Crippen molar-refractivity contribution in [2.75, 3.05) is 7.11 Å². The van der Waals surface area contributed by atoms with E-state index < -0.39 is 0 Å². The van der Waals surface area contributed by atoms with Crippen LogP contribution in [0.15, 0.2) is 60.8 Å². The van der Waals surface area contributed by atoms with Crippen molar-refractivity contribution < 1.29 is 14.2 Å². The van der Waals surface area contributed by atoms with Crippen molar-refractivity contribution in [3.05, 3.63) is 88.5 Å². The average Bonchev–Trinajstić information content (AvgIpc) is 3.18. The Balaban J connectivity index is 1.76. The SMILES string of the molecule is CCn1cc(Cc2nc(OCc3ccccc3)c(CC(C)C)[n+]([O-])c2OC)c2ccccc21. The summed E-state index contributed by atoms with van der Waals surface area (Å²) in [6.45, 7) is 7.48. The summed E-state index contributed by atoms with van der Waals surface area (Å²) >= 11 is 0. The Hall–Kier alpha value is -3.54. The third-order valence-corrected chi connectivity index (χ3v) is 5.74. The van der Waals surface area contributed by atoms with Gasteiger partial charge >= 0.3 is 5.88 Å². The number of ether oxygens (including phenoxy) is 2. The molecule has 4 rings (SSSR count). The number of para-hydroxylation sites is 1. The molecule has 6 nitrogen and oxygen atoms in total. The molecule has 33 heavy (non-hydrogen) atoms. The van der Waals surface area contributed by atoms with Gasteiger partial charge in [-0.05, 0) is 30.0 Å². The van der Waals surface area contributed by atoms with Gasteiger partial charge in [-0.3, -0.25) is 0 Å². The Labute approximate surface area is 195 Å². The Morgan fingerprint density at radius 1 is 1.06 bits per heavy atom.